The lowest BCUT2D eigenvalue weighted by atomic mass is 10.1. The highest BCUT2D eigenvalue weighted by molar-refractivity contribution is 9.10. The second kappa shape index (κ2) is 5.69. The zero-order valence-electron chi connectivity index (χ0n) is 10.9. The second-order valence-electron chi connectivity index (χ2n) is 5.06. The summed E-state index contributed by atoms with van der Waals surface area (Å²) >= 11 is 2.38. The normalized spacial score (nSPS) is 15.7. The summed E-state index contributed by atoms with van der Waals surface area (Å²) in [5, 5.41) is 0. The zero-order valence-corrected chi connectivity index (χ0v) is 13.3. The standard InChI is InChI=1S/C12H19BrN2OS/c1-8-10(6-14-7-11(8)13)9(2)15-17(16)12(3,4)5/h6-7,9,15H,1-5H3/t9-,17-/m1/s1. The van der Waals surface area contributed by atoms with Crippen molar-refractivity contribution in [2.24, 2.45) is 0 Å². The van der Waals surface area contributed by atoms with Crippen LogP contribution >= 0.6 is 15.9 Å². The van der Waals surface area contributed by atoms with E-state index in [2.05, 4.69) is 25.6 Å². The van der Waals surface area contributed by atoms with Crippen LogP contribution in [0.25, 0.3) is 0 Å². The van der Waals surface area contributed by atoms with Crippen LogP contribution in [0.1, 0.15) is 44.9 Å². The monoisotopic (exact) mass is 318 g/mol. The van der Waals surface area contributed by atoms with Gasteiger partial charge in [-0.2, -0.15) is 0 Å². The molecular weight excluding hydrogens is 300 g/mol. The van der Waals surface area contributed by atoms with Gasteiger partial charge < -0.3 is 4.55 Å². The van der Waals surface area contributed by atoms with Crippen LogP contribution in [-0.2, 0) is 11.4 Å². The Hall–Kier alpha value is -0.100. The first-order valence-electron chi connectivity index (χ1n) is 5.51. The van der Waals surface area contributed by atoms with E-state index in [1.807, 2.05) is 40.8 Å². The van der Waals surface area contributed by atoms with E-state index in [-0.39, 0.29) is 10.8 Å². The van der Waals surface area contributed by atoms with Crippen LogP contribution in [0, 0.1) is 6.92 Å². The third-order valence-corrected chi connectivity index (χ3v) is 4.98. The van der Waals surface area contributed by atoms with Crippen LogP contribution in [0.15, 0.2) is 16.9 Å². The van der Waals surface area contributed by atoms with Gasteiger partial charge >= 0.3 is 0 Å². The molecule has 0 aliphatic rings. The molecule has 1 rings (SSSR count). The van der Waals surface area contributed by atoms with E-state index in [4.69, 9.17) is 0 Å². The molecule has 1 aromatic heterocycles. The molecule has 1 heterocycles. The topological polar surface area (TPSA) is 48.0 Å². The molecule has 0 aromatic carbocycles. The number of halogens is 1. The van der Waals surface area contributed by atoms with E-state index < -0.39 is 11.4 Å². The Balaban J connectivity index is 2.84. The highest BCUT2D eigenvalue weighted by atomic mass is 79.9. The van der Waals surface area contributed by atoms with E-state index in [9.17, 15) is 4.55 Å². The number of pyridine rings is 1. The summed E-state index contributed by atoms with van der Waals surface area (Å²) in [4.78, 5) is 4.15. The molecular formula is C12H19BrN2OS. The zero-order chi connectivity index (χ0) is 13.2. The molecule has 0 bridgehead atoms. The maximum absolute atomic E-state index is 12.0. The van der Waals surface area contributed by atoms with Gasteiger partial charge in [0, 0.05) is 28.2 Å². The predicted octanol–water partition coefficient (Wildman–Crippen LogP) is 3.27. The van der Waals surface area contributed by atoms with Gasteiger partial charge in [0.1, 0.15) is 4.75 Å². The fraction of sp³-hybridized carbons (Fsp3) is 0.583. The molecule has 0 aliphatic heterocycles. The number of aromatic nitrogens is 1. The largest absolute Gasteiger partial charge is 0.598 e. The maximum atomic E-state index is 12.0. The quantitative estimate of drug-likeness (QED) is 0.870. The average Bonchev–Trinajstić information content (AvgIpc) is 2.20. The molecule has 0 saturated carbocycles. The first-order valence-corrected chi connectivity index (χ1v) is 7.46. The van der Waals surface area contributed by atoms with Crippen LogP contribution in [0.3, 0.4) is 0 Å². The van der Waals surface area contributed by atoms with Crippen molar-refractivity contribution in [3.63, 3.8) is 0 Å². The minimum absolute atomic E-state index is 0.0139. The molecule has 3 nitrogen and oxygen atoms in total. The minimum Gasteiger partial charge on any atom is -0.598 e. The molecule has 0 radical (unpaired) electrons. The molecule has 5 heteroatoms. The molecule has 1 aromatic rings. The average molecular weight is 319 g/mol. The molecule has 0 aliphatic carbocycles. The van der Waals surface area contributed by atoms with Gasteiger partial charge in [0.25, 0.3) is 0 Å². The van der Waals surface area contributed by atoms with Crippen LogP contribution in [-0.4, -0.2) is 14.3 Å². The van der Waals surface area contributed by atoms with E-state index in [1.54, 1.807) is 6.20 Å². The van der Waals surface area contributed by atoms with E-state index in [0.717, 1.165) is 15.6 Å². The SMILES string of the molecule is Cc1c(Br)cncc1[C@@H](C)N[S@+]([O-])C(C)(C)C. The highest BCUT2D eigenvalue weighted by Gasteiger charge is 2.28. The summed E-state index contributed by atoms with van der Waals surface area (Å²) in [5.41, 5.74) is 2.20. The van der Waals surface area contributed by atoms with Gasteiger partial charge in [-0.3, -0.25) is 4.98 Å². The lowest BCUT2D eigenvalue weighted by Gasteiger charge is -2.27. The highest BCUT2D eigenvalue weighted by Crippen LogP contribution is 2.25. The Bertz CT molecular complexity index is 393. The van der Waals surface area contributed by atoms with Crippen molar-refractivity contribution in [1.29, 1.82) is 0 Å². The summed E-state index contributed by atoms with van der Waals surface area (Å²) in [5.74, 6) is 0. The van der Waals surface area contributed by atoms with E-state index >= 15 is 0 Å². The van der Waals surface area contributed by atoms with E-state index in [0.29, 0.717) is 0 Å². The predicted molar refractivity (Wildman–Crippen MR) is 76.1 cm³/mol. The Morgan fingerprint density at radius 1 is 1.41 bits per heavy atom. The van der Waals surface area contributed by atoms with Crippen LogP contribution < -0.4 is 4.72 Å². The van der Waals surface area contributed by atoms with Crippen LogP contribution in [0.4, 0.5) is 0 Å². The van der Waals surface area contributed by atoms with Crippen molar-refractivity contribution in [1.82, 2.24) is 9.71 Å². The van der Waals surface area contributed by atoms with Crippen LogP contribution in [0.2, 0.25) is 0 Å². The van der Waals surface area contributed by atoms with Gasteiger partial charge in [0.15, 0.2) is 0 Å². The molecule has 2 atom stereocenters. The Kier molecular flexibility index (Phi) is 5.01. The van der Waals surface area contributed by atoms with Crippen molar-refractivity contribution in [3.8, 4) is 0 Å². The van der Waals surface area contributed by atoms with Gasteiger partial charge in [-0.25, -0.2) is 0 Å². The molecule has 0 amide bonds. The number of hydrogen-bond acceptors (Lipinski definition) is 3. The molecule has 17 heavy (non-hydrogen) atoms. The van der Waals surface area contributed by atoms with Gasteiger partial charge in [0.05, 0.1) is 6.04 Å². The number of nitrogens with zero attached hydrogens (tertiary/aromatic N) is 1. The first kappa shape index (κ1) is 15.0. The fourth-order valence-corrected chi connectivity index (χ4v) is 2.50. The first-order chi connectivity index (χ1) is 7.73. The summed E-state index contributed by atoms with van der Waals surface area (Å²) in [6, 6.07) is 0.0139. The van der Waals surface area contributed by atoms with Crippen molar-refractivity contribution in [2.75, 3.05) is 0 Å². The van der Waals surface area contributed by atoms with Crippen molar-refractivity contribution in [2.45, 2.75) is 45.4 Å². The Morgan fingerprint density at radius 3 is 2.53 bits per heavy atom. The fourth-order valence-electron chi connectivity index (χ4n) is 1.35. The second-order valence-corrected chi connectivity index (χ2v) is 7.91. The lowest BCUT2D eigenvalue weighted by Crippen LogP contribution is -2.40. The van der Waals surface area contributed by atoms with Gasteiger partial charge in [0.2, 0.25) is 0 Å². The summed E-state index contributed by atoms with van der Waals surface area (Å²) < 4.78 is 15.8. The summed E-state index contributed by atoms with van der Waals surface area (Å²) in [7, 11) is 0. The van der Waals surface area contributed by atoms with Gasteiger partial charge in [-0.1, -0.05) is 0 Å². The molecule has 0 fully saturated rings. The number of nitrogens with one attached hydrogen (secondary N) is 1. The number of rotatable bonds is 3. The van der Waals surface area contributed by atoms with Crippen LogP contribution in [0.5, 0.6) is 0 Å². The Morgan fingerprint density at radius 2 is 2.00 bits per heavy atom. The third kappa shape index (κ3) is 3.95. The van der Waals surface area contributed by atoms with Crippen molar-refractivity contribution < 1.29 is 4.55 Å². The minimum atomic E-state index is -1.08. The molecule has 0 spiro atoms. The lowest BCUT2D eigenvalue weighted by molar-refractivity contribution is 0.530. The van der Waals surface area contributed by atoms with Gasteiger partial charge in [-0.05, 0) is 61.7 Å². The van der Waals surface area contributed by atoms with Crippen molar-refractivity contribution in [3.05, 3.63) is 28.0 Å². The molecule has 0 unspecified atom stereocenters. The summed E-state index contributed by atoms with van der Waals surface area (Å²) in [6.45, 7) is 9.89. The van der Waals surface area contributed by atoms with Gasteiger partial charge in [-0.15, -0.1) is 4.72 Å². The molecule has 96 valence electrons. The third-order valence-electron chi connectivity index (χ3n) is 2.50. The van der Waals surface area contributed by atoms with Crippen molar-refractivity contribution >= 4 is 27.3 Å². The maximum Gasteiger partial charge on any atom is 0.136 e. The Labute approximate surface area is 115 Å². The molecule has 0 saturated heterocycles. The number of hydrogen-bond donors (Lipinski definition) is 1. The molecule has 1 N–H and O–H groups in total. The van der Waals surface area contributed by atoms with E-state index in [1.165, 1.54) is 0 Å². The smallest absolute Gasteiger partial charge is 0.136 e. The summed E-state index contributed by atoms with van der Waals surface area (Å²) in [6.07, 6.45) is 3.59.